The van der Waals surface area contributed by atoms with E-state index in [1.807, 2.05) is 42.5 Å². The summed E-state index contributed by atoms with van der Waals surface area (Å²) in [5.74, 6) is 2.26. The van der Waals surface area contributed by atoms with Gasteiger partial charge < -0.3 is 9.15 Å². The van der Waals surface area contributed by atoms with Gasteiger partial charge in [0.1, 0.15) is 5.75 Å². The first-order chi connectivity index (χ1) is 13.2. The van der Waals surface area contributed by atoms with E-state index in [-0.39, 0.29) is 5.92 Å². The van der Waals surface area contributed by atoms with Crippen LogP contribution in [0.3, 0.4) is 0 Å². The van der Waals surface area contributed by atoms with Crippen LogP contribution in [0.4, 0.5) is 0 Å². The molecule has 0 N–H and O–H groups in total. The average molecular weight is 360 g/mol. The van der Waals surface area contributed by atoms with Crippen LogP contribution in [-0.4, -0.2) is 35.3 Å². The number of methoxy groups -OCH3 is 1. The number of rotatable bonds is 5. The van der Waals surface area contributed by atoms with Crippen molar-refractivity contribution in [1.29, 1.82) is 5.26 Å². The van der Waals surface area contributed by atoms with Crippen LogP contribution in [0.25, 0.3) is 11.5 Å². The summed E-state index contributed by atoms with van der Waals surface area (Å²) < 4.78 is 11.1. The zero-order valence-electron chi connectivity index (χ0n) is 15.1. The molecule has 1 aliphatic rings. The molecule has 2 heterocycles. The van der Waals surface area contributed by atoms with Gasteiger partial charge in [-0.1, -0.05) is 12.1 Å². The standard InChI is InChI=1S/C21H20N4O2/c1-26-19-7-5-17(6-8-19)20-23-24-21(27-20)18-9-10-25(14-18)13-16-4-2-3-15(11-16)12-22/h2-8,11,18H,9-10,13-14H2,1H3/t18-/m0/s1. The van der Waals surface area contributed by atoms with Crippen molar-refractivity contribution in [3.05, 3.63) is 65.5 Å². The fourth-order valence-electron chi connectivity index (χ4n) is 3.43. The fraction of sp³-hybridized carbons (Fsp3) is 0.286. The van der Waals surface area contributed by atoms with E-state index in [2.05, 4.69) is 27.2 Å². The highest BCUT2D eigenvalue weighted by atomic mass is 16.5. The van der Waals surface area contributed by atoms with Gasteiger partial charge in [-0.2, -0.15) is 5.26 Å². The van der Waals surface area contributed by atoms with E-state index in [0.717, 1.165) is 42.9 Å². The Morgan fingerprint density at radius 1 is 1.22 bits per heavy atom. The molecule has 0 amide bonds. The number of ether oxygens (including phenoxy) is 1. The molecule has 1 fully saturated rings. The summed E-state index contributed by atoms with van der Waals surface area (Å²) >= 11 is 0. The molecule has 0 saturated carbocycles. The first-order valence-corrected chi connectivity index (χ1v) is 8.94. The molecule has 2 aromatic carbocycles. The number of nitrogens with zero attached hydrogens (tertiary/aromatic N) is 4. The maximum atomic E-state index is 9.04. The van der Waals surface area contributed by atoms with Gasteiger partial charge in [0.05, 0.1) is 24.7 Å². The molecule has 1 aliphatic heterocycles. The molecule has 1 saturated heterocycles. The summed E-state index contributed by atoms with van der Waals surface area (Å²) in [6.07, 6.45) is 0.988. The second-order valence-electron chi connectivity index (χ2n) is 6.71. The molecular weight excluding hydrogens is 340 g/mol. The van der Waals surface area contributed by atoms with Gasteiger partial charge in [0.15, 0.2) is 0 Å². The first kappa shape index (κ1) is 17.3. The van der Waals surface area contributed by atoms with Crippen molar-refractivity contribution in [2.24, 2.45) is 0 Å². The first-order valence-electron chi connectivity index (χ1n) is 8.94. The van der Waals surface area contributed by atoms with Crippen LogP contribution in [0.5, 0.6) is 5.75 Å². The Balaban J connectivity index is 1.41. The Hall–Kier alpha value is -3.17. The van der Waals surface area contributed by atoms with E-state index in [9.17, 15) is 0 Å². The molecular formula is C21H20N4O2. The van der Waals surface area contributed by atoms with E-state index in [0.29, 0.717) is 17.3 Å². The van der Waals surface area contributed by atoms with E-state index in [4.69, 9.17) is 14.4 Å². The van der Waals surface area contributed by atoms with Crippen LogP contribution in [0.15, 0.2) is 52.9 Å². The van der Waals surface area contributed by atoms with E-state index in [1.165, 1.54) is 0 Å². The van der Waals surface area contributed by atoms with Gasteiger partial charge >= 0.3 is 0 Å². The van der Waals surface area contributed by atoms with Crippen molar-refractivity contribution in [1.82, 2.24) is 15.1 Å². The number of nitriles is 1. The van der Waals surface area contributed by atoms with Crippen molar-refractivity contribution in [2.45, 2.75) is 18.9 Å². The van der Waals surface area contributed by atoms with Crippen molar-refractivity contribution in [2.75, 3.05) is 20.2 Å². The van der Waals surface area contributed by atoms with Gasteiger partial charge in [0.2, 0.25) is 11.8 Å². The SMILES string of the molecule is COc1ccc(-c2nnc([C@H]3CCN(Cc4cccc(C#N)c4)C3)o2)cc1. The van der Waals surface area contributed by atoms with Crippen molar-refractivity contribution < 1.29 is 9.15 Å². The second kappa shape index (κ2) is 7.60. The Morgan fingerprint density at radius 2 is 2.07 bits per heavy atom. The van der Waals surface area contributed by atoms with Gasteiger partial charge in [0.25, 0.3) is 0 Å². The molecule has 6 nitrogen and oxygen atoms in total. The summed E-state index contributed by atoms with van der Waals surface area (Å²) in [5.41, 5.74) is 2.74. The van der Waals surface area contributed by atoms with Crippen LogP contribution in [-0.2, 0) is 6.54 Å². The summed E-state index contributed by atoms with van der Waals surface area (Å²) in [4.78, 5) is 2.36. The summed E-state index contributed by atoms with van der Waals surface area (Å²) in [5, 5.41) is 17.5. The molecule has 0 spiro atoms. The second-order valence-corrected chi connectivity index (χ2v) is 6.71. The van der Waals surface area contributed by atoms with Gasteiger partial charge in [0, 0.05) is 18.7 Å². The Bertz CT molecular complexity index is 959. The van der Waals surface area contributed by atoms with Crippen LogP contribution >= 0.6 is 0 Å². The number of hydrogen-bond donors (Lipinski definition) is 0. The van der Waals surface area contributed by atoms with Crippen LogP contribution < -0.4 is 4.74 Å². The van der Waals surface area contributed by atoms with Crippen LogP contribution in [0.2, 0.25) is 0 Å². The minimum atomic E-state index is 0.239. The molecule has 27 heavy (non-hydrogen) atoms. The summed E-state index contributed by atoms with van der Waals surface area (Å²) in [6.45, 7) is 2.67. The zero-order chi connectivity index (χ0) is 18.6. The van der Waals surface area contributed by atoms with E-state index >= 15 is 0 Å². The summed E-state index contributed by atoms with van der Waals surface area (Å²) in [6, 6.07) is 17.6. The quantitative estimate of drug-likeness (QED) is 0.692. The summed E-state index contributed by atoms with van der Waals surface area (Å²) in [7, 11) is 1.64. The third-order valence-electron chi connectivity index (χ3n) is 4.86. The van der Waals surface area contributed by atoms with Crippen LogP contribution in [0.1, 0.15) is 29.4 Å². The lowest BCUT2D eigenvalue weighted by Crippen LogP contribution is -2.19. The molecule has 1 atom stereocenters. The average Bonchev–Trinajstić information content (AvgIpc) is 3.38. The molecule has 0 unspecified atom stereocenters. The lowest BCUT2D eigenvalue weighted by molar-refractivity contribution is 0.320. The smallest absolute Gasteiger partial charge is 0.247 e. The number of benzene rings is 2. The largest absolute Gasteiger partial charge is 0.497 e. The topological polar surface area (TPSA) is 75.2 Å². The van der Waals surface area contributed by atoms with Crippen molar-refractivity contribution in [3.63, 3.8) is 0 Å². The zero-order valence-corrected chi connectivity index (χ0v) is 15.1. The van der Waals surface area contributed by atoms with Gasteiger partial charge in [-0.3, -0.25) is 4.90 Å². The Labute approximate surface area is 158 Å². The highest BCUT2D eigenvalue weighted by molar-refractivity contribution is 5.54. The lowest BCUT2D eigenvalue weighted by Gasteiger charge is -2.15. The van der Waals surface area contributed by atoms with Gasteiger partial charge in [-0.25, -0.2) is 0 Å². The highest BCUT2D eigenvalue weighted by Gasteiger charge is 2.28. The monoisotopic (exact) mass is 360 g/mol. The maximum Gasteiger partial charge on any atom is 0.247 e. The van der Waals surface area contributed by atoms with Crippen LogP contribution in [0, 0.1) is 11.3 Å². The minimum Gasteiger partial charge on any atom is -0.497 e. The van der Waals surface area contributed by atoms with Crippen molar-refractivity contribution in [3.8, 4) is 23.3 Å². The molecule has 6 heteroatoms. The number of likely N-dealkylation sites (tertiary alicyclic amines) is 1. The van der Waals surface area contributed by atoms with E-state index < -0.39 is 0 Å². The molecule has 0 bridgehead atoms. The van der Waals surface area contributed by atoms with Gasteiger partial charge in [-0.15, -0.1) is 10.2 Å². The molecule has 4 rings (SSSR count). The predicted octanol–water partition coefficient (Wildman–Crippen LogP) is 3.61. The van der Waals surface area contributed by atoms with Gasteiger partial charge in [-0.05, 0) is 54.9 Å². The third-order valence-corrected chi connectivity index (χ3v) is 4.86. The van der Waals surface area contributed by atoms with Crippen molar-refractivity contribution >= 4 is 0 Å². The molecule has 136 valence electrons. The number of aromatic nitrogens is 2. The minimum absolute atomic E-state index is 0.239. The highest BCUT2D eigenvalue weighted by Crippen LogP contribution is 2.30. The normalized spacial score (nSPS) is 17.0. The molecule has 0 aliphatic carbocycles. The maximum absolute atomic E-state index is 9.04. The third kappa shape index (κ3) is 3.83. The lowest BCUT2D eigenvalue weighted by atomic mass is 10.1. The molecule has 1 aromatic heterocycles. The Kier molecular flexibility index (Phi) is 4.86. The number of hydrogen-bond acceptors (Lipinski definition) is 6. The fourth-order valence-corrected chi connectivity index (χ4v) is 3.43. The molecule has 0 radical (unpaired) electrons. The van der Waals surface area contributed by atoms with E-state index in [1.54, 1.807) is 7.11 Å². The Morgan fingerprint density at radius 3 is 2.85 bits per heavy atom. The predicted molar refractivity (Wildman–Crippen MR) is 100 cm³/mol. The molecule has 3 aromatic rings.